The zero-order chi connectivity index (χ0) is 19.0. The largest absolute Gasteiger partial charge is 0.354 e. The van der Waals surface area contributed by atoms with Crippen LogP contribution >= 0.6 is 11.6 Å². The Balaban J connectivity index is 1.85. The molecule has 0 atom stereocenters. The summed E-state index contributed by atoms with van der Waals surface area (Å²) in [6.07, 6.45) is 5.10. The number of hydrogen-bond donors (Lipinski definition) is 2. The minimum Gasteiger partial charge on any atom is -0.354 e. The number of pyridine rings is 2. The molecule has 0 spiro atoms. The zero-order valence-corrected chi connectivity index (χ0v) is 14.9. The van der Waals surface area contributed by atoms with Gasteiger partial charge in [-0.3, -0.25) is 9.48 Å². The van der Waals surface area contributed by atoms with Crippen LogP contribution in [0.4, 0.5) is 11.4 Å². The van der Waals surface area contributed by atoms with E-state index in [1.54, 1.807) is 23.0 Å². The van der Waals surface area contributed by atoms with Crippen molar-refractivity contribution in [3.8, 4) is 17.2 Å². The maximum Gasteiger partial charge on any atom is 0.249 e. The number of H-pyrrole nitrogens is 1. The van der Waals surface area contributed by atoms with E-state index in [-0.39, 0.29) is 16.3 Å². The van der Waals surface area contributed by atoms with Crippen molar-refractivity contribution in [2.75, 3.05) is 5.32 Å². The average Bonchev–Trinajstić information content (AvgIpc) is 3.08. The number of aromatic nitrogens is 4. The van der Waals surface area contributed by atoms with Gasteiger partial charge in [-0.15, -0.1) is 0 Å². The van der Waals surface area contributed by atoms with Crippen LogP contribution in [0.15, 0.2) is 53.7 Å². The van der Waals surface area contributed by atoms with Gasteiger partial charge in [-0.05, 0) is 29.8 Å². The number of halogens is 1. The van der Waals surface area contributed by atoms with Gasteiger partial charge in [0, 0.05) is 47.7 Å². The first-order valence-electron chi connectivity index (χ1n) is 8.03. The lowest BCUT2D eigenvalue weighted by atomic mass is 10.0. The number of anilines is 2. The molecule has 0 aliphatic carbocycles. The van der Waals surface area contributed by atoms with Crippen molar-refractivity contribution in [1.82, 2.24) is 19.7 Å². The summed E-state index contributed by atoms with van der Waals surface area (Å²) < 4.78 is 1.68. The molecule has 4 rings (SSSR count). The summed E-state index contributed by atoms with van der Waals surface area (Å²) in [5.41, 5.74) is 3.72. The third-order valence-corrected chi connectivity index (χ3v) is 4.44. The lowest BCUT2D eigenvalue weighted by molar-refractivity contribution is 0.768. The maximum absolute atomic E-state index is 12.0. The Morgan fingerprint density at radius 1 is 1.30 bits per heavy atom. The van der Waals surface area contributed by atoms with Crippen LogP contribution in [-0.4, -0.2) is 19.7 Å². The second-order valence-corrected chi connectivity index (χ2v) is 6.33. The molecule has 7 nitrogen and oxygen atoms in total. The van der Waals surface area contributed by atoms with Crippen molar-refractivity contribution < 1.29 is 0 Å². The van der Waals surface area contributed by atoms with Gasteiger partial charge < -0.3 is 10.3 Å². The first-order chi connectivity index (χ1) is 13.0. The predicted octanol–water partition coefficient (Wildman–Crippen LogP) is 3.59. The minimum atomic E-state index is -0.185. The van der Waals surface area contributed by atoms with Crippen LogP contribution in [-0.2, 0) is 7.05 Å². The number of hydrogen-bond acceptors (Lipinski definition) is 5. The molecule has 132 valence electrons. The van der Waals surface area contributed by atoms with E-state index in [4.69, 9.17) is 11.6 Å². The third-order valence-electron chi connectivity index (χ3n) is 4.15. The van der Waals surface area contributed by atoms with E-state index < -0.39 is 0 Å². The number of rotatable bonds is 3. The molecule has 0 saturated heterocycles. The molecule has 0 amide bonds. The highest BCUT2D eigenvalue weighted by Crippen LogP contribution is 2.30. The number of aromatic amines is 1. The van der Waals surface area contributed by atoms with Crippen molar-refractivity contribution in [3.63, 3.8) is 0 Å². The molecule has 0 aliphatic heterocycles. The summed E-state index contributed by atoms with van der Waals surface area (Å²) in [6.45, 7) is 0. The highest BCUT2D eigenvalue weighted by molar-refractivity contribution is 6.31. The first-order valence-corrected chi connectivity index (χ1v) is 8.40. The fourth-order valence-corrected chi connectivity index (χ4v) is 3.13. The summed E-state index contributed by atoms with van der Waals surface area (Å²) >= 11 is 5.99. The van der Waals surface area contributed by atoms with Gasteiger partial charge in [0.05, 0.1) is 11.9 Å². The first kappa shape index (κ1) is 16.8. The number of benzene rings is 1. The molecular formula is C19H13ClN6O. The topological polar surface area (TPSA) is 99.4 Å². The fourth-order valence-electron chi connectivity index (χ4n) is 2.93. The molecule has 0 unspecified atom stereocenters. The van der Waals surface area contributed by atoms with Gasteiger partial charge in [-0.1, -0.05) is 11.6 Å². The molecule has 0 saturated carbocycles. The molecule has 3 heterocycles. The SMILES string of the molecule is Cn1cc(-c2cc(=O)[nH]c3ccc(Nc4ccnc(Cl)c4C#N)cc23)cn1. The number of nitrogens with zero attached hydrogens (tertiary/aromatic N) is 4. The predicted molar refractivity (Wildman–Crippen MR) is 104 cm³/mol. The summed E-state index contributed by atoms with van der Waals surface area (Å²) in [4.78, 5) is 18.8. The maximum atomic E-state index is 12.0. The highest BCUT2D eigenvalue weighted by atomic mass is 35.5. The Bertz CT molecular complexity index is 1270. The number of nitriles is 1. The summed E-state index contributed by atoms with van der Waals surface area (Å²) in [5.74, 6) is 0. The summed E-state index contributed by atoms with van der Waals surface area (Å²) in [5, 5.41) is 17.7. The minimum absolute atomic E-state index is 0.142. The highest BCUT2D eigenvalue weighted by Gasteiger charge is 2.11. The van der Waals surface area contributed by atoms with Gasteiger partial charge in [0.25, 0.3) is 0 Å². The summed E-state index contributed by atoms with van der Waals surface area (Å²) in [7, 11) is 1.82. The van der Waals surface area contributed by atoms with E-state index in [1.165, 1.54) is 6.20 Å². The molecule has 0 radical (unpaired) electrons. The van der Waals surface area contributed by atoms with E-state index >= 15 is 0 Å². The van der Waals surface area contributed by atoms with E-state index in [2.05, 4.69) is 26.5 Å². The van der Waals surface area contributed by atoms with Crippen molar-refractivity contribution in [1.29, 1.82) is 5.26 Å². The van der Waals surface area contributed by atoms with Crippen LogP contribution < -0.4 is 10.9 Å². The van der Waals surface area contributed by atoms with Gasteiger partial charge in [-0.25, -0.2) is 4.98 Å². The molecule has 0 fully saturated rings. The van der Waals surface area contributed by atoms with Crippen LogP contribution in [0.2, 0.25) is 5.15 Å². The monoisotopic (exact) mass is 376 g/mol. The van der Waals surface area contributed by atoms with E-state index in [1.807, 2.05) is 31.4 Å². The van der Waals surface area contributed by atoms with Crippen molar-refractivity contribution >= 4 is 33.9 Å². The molecule has 1 aromatic carbocycles. The number of nitrogens with one attached hydrogen (secondary N) is 2. The molecule has 8 heteroatoms. The third kappa shape index (κ3) is 3.14. The van der Waals surface area contributed by atoms with Gasteiger partial charge in [0.2, 0.25) is 5.56 Å². The van der Waals surface area contributed by atoms with Crippen molar-refractivity contribution in [2.45, 2.75) is 0 Å². The molecule has 0 bridgehead atoms. The number of aryl methyl sites for hydroxylation is 1. The van der Waals surface area contributed by atoms with Gasteiger partial charge >= 0.3 is 0 Å². The second-order valence-electron chi connectivity index (χ2n) is 5.97. The second kappa shape index (κ2) is 6.59. The van der Waals surface area contributed by atoms with Crippen LogP contribution in [0, 0.1) is 11.3 Å². The molecule has 0 aliphatic rings. The van der Waals surface area contributed by atoms with Gasteiger partial charge in [-0.2, -0.15) is 10.4 Å². The average molecular weight is 377 g/mol. The fraction of sp³-hybridized carbons (Fsp3) is 0.0526. The Labute approximate surface area is 158 Å². The van der Waals surface area contributed by atoms with E-state index in [0.717, 1.165) is 22.2 Å². The quantitative estimate of drug-likeness (QED) is 0.532. The standard InChI is InChI=1S/C19H13ClN6O/c1-26-10-11(9-23-26)13-7-18(27)25-16-3-2-12(6-14(13)16)24-17-4-5-22-19(20)15(17)8-21/h2-7,9-10H,1H3,(H,22,24)(H,25,27). The van der Waals surface area contributed by atoms with Gasteiger partial charge in [0.15, 0.2) is 0 Å². The van der Waals surface area contributed by atoms with Crippen molar-refractivity contribution in [3.05, 3.63) is 70.0 Å². The van der Waals surface area contributed by atoms with E-state index in [9.17, 15) is 10.1 Å². The molecular weight excluding hydrogens is 364 g/mol. The van der Waals surface area contributed by atoms with E-state index in [0.29, 0.717) is 11.2 Å². The Kier molecular flexibility index (Phi) is 4.11. The number of fused-ring (bicyclic) bond motifs is 1. The lowest BCUT2D eigenvalue weighted by Crippen LogP contribution is -2.05. The Hall–Kier alpha value is -3.63. The van der Waals surface area contributed by atoms with Gasteiger partial charge in [0.1, 0.15) is 16.8 Å². The van der Waals surface area contributed by atoms with Crippen LogP contribution in [0.1, 0.15) is 5.56 Å². The van der Waals surface area contributed by atoms with Crippen LogP contribution in [0.5, 0.6) is 0 Å². The molecule has 4 aromatic rings. The molecule has 3 aromatic heterocycles. The molecule has 2 N–H and O–H groups in total. The normalized spacial score (nSPS) is 10.7. The molecule has 27 heavy (non-hydrogen) atoms. The van der Waals surface area contributed by atoms with Crippen molar-refractivity contribution in [2.24, 2.45) is 7.05 Å². The smallest absolute Gasteiger partial charge is 0.249 e. The Morgan fingerprint density at radius 2 is 2.15 bits per heavy atom. The Morgan fingerprint density at radius 3 is 2.89 bits per heavy atom. The lowest BCUT2D eigenvalue weighted by Gasteiger charge is -2.11. The van der Waals surface area contributed by atoms with Crippen LogP contribution in [0.3, 0.4) is 0 Å². The zero-order valence-electron chi connectivity index (χ0n) is 14.2. The summed E-state index contributed by atoms with van der Waals surface area (Å²) in [6, 6.07) is 10.8. The van der Waals surface area contributed by atoms with Crippen LogP contribution in [0.25, 0.3) is 22.0 Å².